The van der Waals surface area contributed by atoms with Crippen LogP contribution in [-0.2, 0) is 0 Å². The van der Waals surface area contributed by atoms with Gasteiger partial charge in [-0.05, 0) is 57.7 Å². The van der Waals surface area contributed by atoms with Gasteiger partial charge in [-0.15, -0.1) is 0 Å². The minimum Gasteiger partial charge on any atom is -0.370 e. The Kier molecular flexibility index (Phi) is 6.69. The van der Waals surface area contributed by atoms with E-state index in [0.717, 1.165) is 35.2 Å². The maximum Gasteiger partial charge on any atom is 0.274 e. The van der Waals surface area contributed by atoms with Crippen LogP contribution in [0.1, 0.15) is 22.5 Å². The highest BCUT2D eigenvalue weighted by Gasteiger charge is 2.10. The zero-order chi connectivity index (χ0) is 17.5. The normalized spacial score (nSPS) is 10.7. The first-order valence-corrected chi connectivity index (χ1v) is 8.53. The van der Waals surface area contributed by atoms with Crippen LogP contribution in [0, 0.1) is 6.92 Å². The van der Waals surface area contributed by atoms with Gasteiger partial charge in [-0.1, -0.05) is 15.9 Å². The Hall–Kier alpha value is -1.99. The molecule has 1 aromatic carbocycles. The number of carbonyl (C=O) groups excluding carboxylic acids is 1. The molecule has 6 nitrogen and oxygen atoms in total. The number of carbonyl (C=O) groups is 1. The van der Waals surface area contributed by atoms with Crippen molar-refractivity contribution in [2.45, 2.75) is 13.3 Å². The number of nitrogens with one attached hydrogen (secondary N) is 2. The topological polar surface area (TPSA) is 70.2 Å². The van der Waals surface area contributed by atoms with E-state index in [2.05, 4.69) is 41.4 Å². The van der Waals surface area contributed by atoms with Gasteiger partial charge >= 0.3 is 0 Å². The van der Waals surface area contributed by atoms with Gasteiger partial charge in [-0.3, -0.25) is 4.79 Å². The SMILES string of the molecule is Cc1cc(NC(=O)c2cc(NCCCN(C)C)ncn2)ccc1Br. The van der Waals surface area contributed by atoms with Gasteiger partial charge in [0.2, 0.25) is 0 Å². The molecule has 1 heterocycles. The molecule has 2 aromatic rings. The average molecular weight is 392 g/mol. The van der Waals surface area contributed by atoms with Crippen molar-refractivity contribution < 1.29 is 4.79 Å². The third-order valence-corrected chi connectivity index (χ3v) is 4.29. The van der Waals surface area contributed by atoms with E-state index in [1.807, 2.05) is 39.2 Å². The number of aromatic nitrogens is 2. The summed E-state index contributed by atoms with van der Waals surface area (Å²) in [6.07, 6.45) is 2.40. The molecule has 0 aliphatic carbocycles. The molecule has 7 heteroatoms. The van der Waals surface area contributed by atoms with Crippen molar-refractivity contribution in [3.8, 4) is 0 Å². The first-order valence-electron chi connectivity index (χ1n) is 7.74. The second-order valence-electron chi connectivity index (χ2n) is 5.79. The molecule has 0 saturated carbocycles. The molecule has 0 atom stereocenters. The molecule has 0 spiro atoms. The molecular formula is C17H22BrN5O. The van der Waals surface area contributed by atoms with Gasteiger partial charge in [0.05, 0.1) is 0 Å². The van der Waals surface area contributed by atoms with Gasteiger partial charge in [-0.2, -0.15) is 0 Å². The highest BCUT2D eigenvalue weighted by molar-refractivity contribution is 9.10. The highest BCUT2D eigenvalue weighted by Crippen LogP contribution is 2.20. The first-order chi connectivity index (χ1) is 11.5. The lowest BCUT2D eigenvalue weighted by Gasteiger charge is -2.11. The predicted octanol–water partition coefficient (Wildman–Crippen LogP) is 3.16. The third kappa shape index (κ3) is 5.58. The van der Waals surface area contributed by atoms with E-state index in [-0.39, 0.29) is 5.91 Å². The van der Waals surface area contributed by atoms with Crippen LogP contribution in [0.15, 0.2) is 35.1 Å². The van der Waals surface area contributed by atoms with Gasteiger partial charge in [0.15, 0.2) is 0 Å². The largest absolute Gasteiger partial charge is 0.370 e. The van der Waals surface area contributed by atoms with E-state index in [0.29, 0.717) is 11.5 Å². The van der Waals surface area contributed by atoms with E-state index in [4.69, 9.17) is 0 Å². The fraction of sp³-hybridized carbons (Fsp3) is 0.353. The third-order valence-electron chi connectivity index (χ3n) is 3.40. The fourth-order valence-electron chi connectivity index (χ4n) is 2.11. The number of hydrogen-bond acceptors (Lipinski definition) is 5. The maximum absolute atomic E-state index is 12.3. The molecular weight excluding hydrogens is 370 g/mol. The summed E-state index contributed by atoms with van der Waals surface area (Å²) >= 11 is 3.44. The summed E-state index contributed by atoms with van der Waals surface area (Å²) in [6, 6.07) is 7.32. The molecule has 0 aliphatic rings. The van der Waals surface area contributed by atoms with Crippen LogP contribution >= 0.6 is 15.9 Å². The summed E-state index contributed by atoms with van der Waals surface area (Å²) < 4.78 is 1.01. The van der Waals surface area contributed by atoms with E-state index in [1.165, 1.54) is 6.33 Å². The summed E-state index contributed by atoms with van der Waals surface area (Å²) in [6.45, 7) is 3.76. The number of anilines is 2. The summed E-state index contributed by atoms with van der Waals surface area (Å²) in [7, 11) is 4.08. The standard InChI is InChI=1S/C17H22BrN5O/c1-12-9-13(5-6-14(12)18)22-17(24)15-10-16(21-11-20-15)19-7-4-8-23(2)3/h5-6,9-11H,4,7-8H2,1-3H3,(H,22,24)(H,19,20,21). The number of aryl methyl sites for hydroxylation is 1. The van der Waals surface area contributed by atoms with E-state index in [9.17, 15) is 4.79 Å². The van der Waals surface area contributed by atoms with Crippen molar-refractivity contribution >= 4 is 33.3 Å². The van der Waals surface area contributed by atoms with Crippen molar-refractivity contribution in [3.63, 3.8) is 0 Å². The van der Waals surface area contributed by atoms with Crippen LogP contribution in [0.3, 0.4) is 0 Å². The lowest BCUT2D eigenvalue weighted by Crippen LogP contribution is -2.17. The molecule has 1 amide bonds. The Morgan fingerprint density at radius 3 is 2.75 bits per heavy atom. The number of benzene rings is 1. The highest BCUT2D eigenvalue weighted by atomic mass is 79.9. The number of hydrogen-bond donors (Lipinski definition) is 2. The molecule has 0 aliphatic heterocycles. The van der Waals surface area contributed by atoms with Gasteiger partial charge in [0.25, 0.3) is 5.91 Å². The molecule has 0 fully saturated rings. The van der Waals surface area contributed by atoms with Crippen molar-refractivity contribution in [2.24, 2.45) is 0 Å². The van der Waals surface area contributed by atoms with Crippen molar-refractivity contribution in [1.29, 1.82) is 0 Å². The van der Waals surface area contributed by atoms with Crippen LogP contribution in [0.2, 0.25) is 0 Å². The first kappa shape index (κ1) is 18.4. The predicted molar refractivity (Wildman–Crippen MR) is 101 cm³/mol. The summed E-state index contributed by atoms with van der Waals surface area (Å²) in [5.41, 5.74) is 2.12. The molecule has 2 N–H and O–H groups in total. The van der Waals surface area contributed by atoms with Crippen LogP contribution in [-0.4, -0.2) is 48.0 Å². The van der Waals surface area contributed by atoms with Crippen molar-refractivity contribution in [1.82, 2.24) is 14.9 Å². The quantitative estimate of drug-likeness (QED) is 0.709. The monoisotopic (exact) mass is 391 g/mol. The molecule has 1 aromatic heterocycles. The maximum atomic E-state index is 12.3. The molecule has 0 bridgehead atoms. The summed E-state index contributed by atoms with van der Waals surface area (Å²) in [5, 5.41) is 6.06. The van der Waals surface area contributed by atoms with Gasteiger partial charge < -0.3 is 15.5 Å². The molecule has 0 radical (unpaired) electrons. The number of amides is 1. The number of nitrogens with zero attached hydrogens (tertiary/aromatic N) is 3. The van der Waals surface area contributed by atoms with Crippen LogP contribution in [0.5, 0.6) is 0 Å². The minimum absolute atomic E-state index is 0.254. The number of halogens is 1. The lowest BCUT2D eigenvalue weighted by atomic mass is 10.2. The Labute approximate surface area is 150 Å². The fourth-order valence-corrected chi connectivity index (χ4v) is 2.35. The Bertz CT molecular complexity index is 705. The van der Waals surface area contributed by atoms with Crippen LogP contribution in [0.25, 0.3) is 0 Å². The molecule has 24 heavy (non-hydrogen) atoms. The summed E-state index contributed by atoms with van der Waals surface area (Å²) in [5.74, 6) is 0.399. The van der Waals surface area contributed by atoms with Crippen LogP contribution < -0.4 is 10.6 Å². The molecule has 2 rings (SSSR count). The Morgan fingerprint density at radius 1 is 1.25 bits per heavy atom. The van der Waals surface area contributed by atoms with Gasteiger partial charge in [0, 0.05) is 22.8 Å². The van der Waals surface area contributed by atoms with E-state index < -0.39 is 0 Å². The zero-order valence-corrected chi connectivity index (χ0v) is 15.7. The van der Waals surface area contributed by atoms with Gasteiger partial charge in [0.1, 0.15) is 17.8 Å². The Balaban J connectivity index is 1.96. The summed E-state index contributed by atoms with van der Waals surface area (Å²) in [4.78, 5) is 22.7. The zero-order valence-electron chi connectivity index (χ0n) is 14.1. The smallest absolute Gasteiger partial charge is 0.274 e. The van der Waals surface area contributed by atoms with Crippen LogP contribution in [0.4, 0.5) is 11.5 Å². The molecule has 128 valence electrons. The minimum atomic E-state index is -0.254. The van der Waals surface area contributed by atoms with E-state index in [1.54, 1.807) is 6.07 Å². The van der Waals surface area contributed by atoms with Gasteiger partial charge in [-0.25, -0.2) is 9.97 Å². The van der Waals surface area contributed by atoms with Crippen molar-refractivity contribution in [2.75, 3.05) is 37.8 Å². The molecule has 0 saturated heterocycles. The second kappa shape index (κ2) is 8.75. The average Bonchev–Trinajstić information content (AvgIpc) is 2.55. The van der Waals surface area contributed by atoms with E-state index >= 15 is 0 Å². The Morgan fingerprint density at radius 2 is 2.04 bits per heavy atom. The lowest BCUT2D eigenvalue weighted by molar-refractivity contribution is 0.102. The second-order valence-corrected chi connectivity index (χ2v) is 6.64. The molecule has 0 unspecified atom stereocenters. The number of rotatable bonds is 7. The van der Waals surface area contributed by atoms with Crippen molar-refractivity contribution in [3.05, 3.63) is 46.3 Å².